The van der Waals surface area contributed by atoms with Crippen LogP contribution in [0.4, 0.5) is 0 Å². The minimum Gasteiger partial charge on any atom is -0.463 e. The molecule has 0 atom stereocenters. The molecule has 0 aromatic carbocycles. The number of hydrogen-bond acceptors (Lipinski definition) is 3. The fraction of sp³-hybridized carbons (Fsp3) is 0.833. The Balaban J connectivity index is 3.30. The van der Waals surface area contributed by atoms with Crippen LogP contribution in [-0.2, 0) is 9.53 Å². The van der Waals surface area contributed by atoms with Crippen molar-refractivity contribution in [2.24, 2.45) is 0 Å². The van der Waals surface area contributed by atoms with Gasteiger partial charge < -0.3 is 10.1 Å². The highest BCUT2D eigenvalue weighted by Crippen LogP contribution is 2.10. The number of nitrogens with one attached hydrogen (secondary N) is 1. The number of hydrogen-bond donors (Lipinski definition) is 1. The molecular weight excluding hydrogens is 262 g/mol. The molecule has 1 N–H and O–H groups in total. The van der Waals surface area contributed by atoms with Gasteiger partial charge >= 0.3 is 5.97 Å². The number of carbonyl (C=O) groups is 1. The van der Waals surface area contributed by atoms with Crippen molar-refractivity contribution in [3.05, 3.63) is 11.8 Å². The van der Waals surface area contributed by atoms with E-state index in [9.17, 15) is 4.79 Å². The maximum atomic E-state index is 11.2. The first-order chi connectivity index (χ1) is 10.2. The van der Waals surface area contributed by atoms with Crippen LogP contribution in [0.3, 0.4) is 0 Å². The molecule has 0 aromatic rings. The van der Waals surface area contributed by atoms with Gasteiger partial charge in [-0.3, -0.25) is 0 Å². The lowest BCUT2D eigenvalue weighted by Gasteiger charge is -2.06. The largest absolute Gasteiger partial charge is 0.463 e. The number of unbranched alkanes of at least 4 members (excludes halogenated alkanes) is 9. The highest BCUT2D eigenvalue weighted by Gasteiger charge is 1.97. The van der Waals surface area contributed by atoms with Gasteiger partial charge in [-0.1, -0.05) is 64.7 Å². The molecule has 21 heavy (non-hydrogen) atoms. The Hall–Kier alpha value is -0.990. The number of allylic oxidation sites excluding steroid dienone is 1. The van der Waals surface area contributed by atoms with Gasteiger partial charge in [0.05, 0.1) is 6.61 Å². The first-order valence-corrected chi connectivity index (χ1v) is 8.79. The maximum Gasteiger partial charge on any atom is 0.332 e. The van der Waals surface area contributed by atoms with Crippen LogP contribution in [0.5, 0.6) is 0 Å². The third-order valence-corrected chi connectivity index (χ3v) is 3.56. The molecule has 0 rings (SSSR count). The molecule has 0 heterocycles. The van der Waals surface area contributed by atoms with Gasteiger partial charge in [0.1, 0.15) is 0 Å². The lowest BCUT2D eigenvalue weighted by atomic mass is 10.1. The third kappa shape index (κ3) is 15.2. The number of rotatable bonds is 14. The van der Waals surface area contributed by atoms with E-state index < -0.39 is 0 Å². The van der Waals surface area contributed by atoms with E-state index >= 15 is 0 Å². The number of ether oxygens (including phenoxy) is 1. The molecule has 0 bridgehead atoms. The summed E-state index contributed by atoms with van der Waals surface area (Å²) >= 11 is 0. The van der Waals surface area contributed by atoms with E-state index in [0.29, 0.717) is 6.61 Å². The summed E-state index contributed by atoms with van der Waals surface area (Å²) in [6.45, 7) is 7.36. The zero-order valence-corrected chi connectivity index (χ0v) is 14.4. The molecule has 0 amide bonds. The van der Waals surface area contributed by atoms with Crippen LogP contribution in [-0.4, -0.2) is 19.1 Å². The Morgan fingerprint density at radius 2 is 1.43 bits per heavy atom. The van der Waals surface area contributed by atoms with E-state index in [1.807, 2.05) is 13.8 Å². The molecular formula is C18H35NO2. The minimum atomic E-state index is -0.259. The zero-order chi connectivity index (χ0) is 15.8. The average molecular weight is 297 g/mol. The molecule has 0 saturated carbocycles. The summed E-state index contributed by atoms with van der Waals surface area (Å²) < 4.78 is 4.86. The molecule has 3 heteroatoms. The summed E-state index contributed by atoms with van der Waals surface area (Å²) in [7, 11) is 0. The van der Waals surface area contributed by atoms with Gasteiger partial charge in [0, 0.05) is 18.3 Å². The van der Waals surface area contributed by atoms with Gasteiger partial charge in [0.2, 0.25) is 0 Å². The van der Waals surface area contributed by atoms with Gasteiger partial charge in [0.15, 0.2) is 0 Å². The predicted molar refractivity (Wildman–Crippen MR) is 90.2 cm³/mol. The first kappa shape index (κ1) is 20.0. The molecule has 0 saturated heterocycles. The fourth-order valence-electron chi connectivity index (χ4n) is 2.31. The van der Waals surface area contributed by atoms with Crippen LogP contribution in [0.2, 0.25) is 0 Å². The van der Waals surface area contributed by atoms with Gasteiger partial charge in [-0.15, -0.1) is 0 Å². The molecule has 0 aliphatic heterocycles. The quantitative estimate of drug-likeness (QED) is 0.280. The van der Waals surface area contributed by atoms with Crippen molar-refractivity contribution in [1.29, 1.82) is 0 Å². The topological polar surface area (TPSA) is 38.3 Å². The zero-order valence-electron chi connectivity index (χ0n) is 14.4. The standard InChI is InChI=1S/C18H35NO2/c1-4-6-7-8-9-10-11-12-13-14-15-19-17(3)16-18(20)21-5-2/h16,19H,4-15H2,1-3H3/b17-16+. The molecule has 0 fully saturated rings. The van der Waals surface area contributed by atoms with Crippen LogP contribution < -0.4 is 5.32 Å². The summed E-state index contributed by atoms with van der Waals surface area (Å²) in [6.07, 6.45) is 15.0. The Morgan fingerprint density at radius 3 is 1.95 bits per heavy atom. The van der Waals surface area contributed by atoms with Gasteiger partial charge in [-0.25, -0.2) is 4.79 Å². The van der Waals surface area contributed by atoms with Crippen molar-refractivity contribution >= 4 is 5.97 Å². The summed E-state index contributed by atoms with van der Waals surface area (Å²) in [5.74, 6) is -0.259. The summed E-state index contributed by atoms with van der Waals surface area (Å²) in [5, 5.41) is 3.26. The van der Waals surface area contributed by atoms with Crippen molar-refractivity contribution in [1.82, 2.24) is 5.32 Å². The van der Waals surface area contributed by atoms with Crippen LogP contribution in [0.25, 0.3) is 0 Å². The summed E-state index contributed by atoms with van der Waals surface area (Å²) in [5.41, 5.74) is 0.893. The molecule has 0 unspecified atom stereocenters. The van der Waals surface area contributed by atoms with E-state index in [0.717, 1.165) is 12.2 Å². The van der Waals surface area contributed by atoms with E-state index in [2.05, 4.69) is 12.2 Å². The molecule has 0 spiro atoms. The molecule has 0 aliphatic carbocycles. The molecule has 0 aliphatic rings. The van der Waals surface area contributed by atoms with Crippen molar-refractivity contribution < 1.29 is 9.53 Å². The van der Waals surface area contributed by atoms with E-state index in [1.165, 1.54) is 70.3 Å². The molecule has 3 nitrogen and oxygen atoms in total. The minimum absolute atomic E-state index is 0.259. The fourth-order valence-corrected chi connectivity index (χ4v) is 2.31. The van der Waals surface area contributed by atoms with Gasteiger partial charge in [-0.2, -0.15) is 0 Å². The first-order valence-electron chi connectivity index (χ1n) is 8.79. The SMILES string of the molecule is CCCCCCCCCCCCN/C(C)=C/C(=O)OCC. The second kappa shape index (κ2) is 15.4. The van der Waals surface area contributed by atoms with E-state index in [1.54, 1.807) is 0 Å². The molecule has 0 aromatic heterocycles. The highest BCUT2D eigenvalue weighted by atomic mass is 16.5. The van der Waals surface area contributed by atoms with Crippen molar-refractivity contribution in [3.63, 3.8) is 0 Å². The maximum absolute atomic E-state index is 11.2. The Labute approximate surface area is 131 Å². The van der Waals surface area contributed by atoms with Crippen molar-refractivity contribution in [2.45, 2.75) is 85.0 Å². The van der Waals surface area contributed by atoms with Gasteiger partial charge in [0.25, 0.3) is 0 Å². The van der Waals surface area contributed by atoms with E-state index in [4.69, 9.17) is 4.74 Å². The highest BCUT2D eigenvalue weighted by molar-refractivity contribution is 5.82. The summed E-state index contributed by atoms with van der Waals surface area (Å²) in [6, 6.07) is 0. The van der Waals surface area contributed by atoms with Gasteiger partial charge in [-0.05, 0) is 20.3 Å². The lowest BCUT2D eigenvalue weighted by Crippen LogP contribution is -2.14. The number of esters is 1. The Bertz CT molecular complexity index is 274. The molecule has 124 valence electrons. The Morgan fingerprint density at radius 1 is 0.905 bits per heavy atom. The van der Waals surface area contributed by atoms with Crippen LogP contribution >= 0.6 is 0 Å². The second-order valence-corrected chi connectivity index (χ2v) is 5.69. The normalized spacial score (nSPS) is 11.5. The molecule has 0 radical (unpaired) electrons. The monoisotopic (exact) mass is 297 g/mol. The third-order valence-electron chi connectivity index (χ3n) is 3.56. The lowest BCUT2D eigenvalue weighted by molar-refractivity contribution is -0.137. The Kier molecular flexibility index (Phi) is 14.7. The number of carbonyl (C=O) groups excluding carboxylic acids is 1. The van der Waals surface area contributed by atoms with Crippen LogP contribution in [0.1, 0.15) is 85.0 Å². The summed E-state index contributed by atoms with van der Waals surface area (Å²) in [4.78, 5) is 11.2. The van der Waals surface area contributed by atoms with Crippen molar-refractivity contribution in [2.75, 3.05) is 13.2 Å². The predicted octanol–water partition coefficient (Wildman–Crippen LogP) is 4.96. The smallest absolute Gasteiger partial charge is 0.332 e. The van der Waals surface area contributed by atoms with E-state index in [-0.39, 0.29) is 5.97 Å². The second-order valence-electron chi connectivity index (χ2n) is 5.69. The van der Waals surface area contributed by atoms with Crippen LogP contribution in [0, 0.1) is 0 Å². The average Bonchev–Trinajstić information content (AvgIpc) is 2.45. The van der Waals surface area contributed by atoms with Crippen molar-refractivity contribution in [3.8, 4) is 0 Å². The van der Waals surface area contributed by atoms with Crippen LogP contribution in [0.15, 0.2) is 11.8 Å².